The van der Waals surface area contributed by atoms with Crippen molar-refractivity contribution in [3.63, 3.8) is 0 Å². The molecule has 0 heterocycles. The second-order valence-electron chi connectivity index (χ2n) is 7.50. The van der Waals surface area contributed by atoms with E-state index in [1.54, 1.807) is 73.7 Å². The number of nitrogens with zero attached hydrogens (tertiary/aromatic N) is 1. The van der Waals surface area contributed by atoms with Gasteiger partial charge in [-0.2, -0.15) is 0 Å². The SMILES string of the molecule is C[C@@H](C(=O)NCc1ccc(Cl)cc1Cl)N(Cc1ccc(Cl)cc1)C(=O)COc1ccccc1Cl. The average molecular weight is 540 g/mol. The van der Waals surface area contributed by atoms with Gasteiger partial charge in [0.2, 0.25) is 5.91 Å². The van der Waals surface area contributed by atoms with Gasteiger partial charge in [0.25, 0.3) is 5.91 Å². The Morgan fingerprint density at radius 3 is 2.26 bits per heavy atom. The monoisotopic (exact) mass is 538 g/mol. The van der Waals surface area contributed by atoms with Gasteiger partial charge in [0.15, 0.2) is 6.61 Å². The maximum atomic E-state index is 13.1. The lowest BCUT2D eigenvalue weighted by atomic mass is 10.1. The van der Waals surface area contributed by atoms with Gasteiger partial charge in [0.05, 0.1) is 5.02 Å². The highest BCUT2D eigenvalue weighted by Crippen LogP contribution is 2.24. The van der Waals surface area contributed by atoms with Crippen molar-refractivity contribution in [2.45, 2.75) is 26.1 Å². The largest absolute Gasteiger partial charge is 0.482 e. The Morgan fingerprint density at radius 1 is 0.912 bits per heavy atom. The second-order valence-corrected chi connectivity index (χ2v) is 9.18. The molecule has 0 aliphatic heterocycles. The number of hydrogen-bond acceptors (Lipinski definition) is 3. The zero-order valence-corrected chi connectivity index (χ0v) is 21.3. The van der Waals surface area contributed by atoms with Gasteiger partial charge in [0, 0.05) is 28.2 Å². The Bertz CT molecular complexity index is 1160. The van der Waals surface area contributed by atoms with E-state index < -0.39 is 6.04 Å². The summed E-state index contributed by atoms with van der Waals surface area (Å²) in [5, 5.41) is 4.75. The summed E-state index contributed by atoms with van der Waals surface area (Å²) in [5.74, 6) is -0.327. The van der Waals surface area contributed by atoms with Gasteiger partial charge in [-0.1, -0.05) is 76.7 Å². The Labute approximate surface area is 218 Å². The number of para-hydroxylation sites is 1. The Balaban J connectivity index is 1.72. The summed E-state index contributed by atoms with van der Waals surface area (Å²) in [4.78, 5) is 27.5. The number of carbonyl (C=O) groups is 2. The molecule has 1 N–H and O–H groups in total. The van der Waals surface area contributed by atoms with Gasteiger partial charge in [-0.05, 0) is 54.4 Å². The molecular weight excluding hydrogens is 518 g/mol. The molecule has 3 aromatic rings. The third-order valence-electron chi connectivity index (χ3n) is 5.09. The molecule has 0 bridgehead atoms. The van der Waals surface area contributed by atoms with E-state index in [-0.39, 0.29) is 31.5 Å². The van der Waals surface area contributed by atoms with E-state index in [2.05, 4.69) is 5.32 Å². The van der Waals surface area contributed by atoms with Crippen LogP contribution in [0, 0.1) is 0 Å². The third-order valence-corrected chi connectivity index (χ3v) is 6.24. The quantitative estimate of drug-likeness (QED) is 0.341. The topological polar surface area (TPSA) is 58.6 Å². The average Bonchev–Trinajstić information content (AvgIpc) is 2.82. The summed E-state index contributed by atoms with van der Waals surface area (Å²) in [6.45, 7) is 1.76. The minimum Gasteiger partial charge on any atom is -0.482 e. The normalized spacial score (nSPS) is 11.6. The first kappa shape index (κ1) is 26.2. The highest BCUT2D eigenvalue weighted by Gasteiger charge is 2.26. The van der Waals surface area contributed by atoms with Crippen molar-refractivity contribution in [1.82, 2.24) is 10.2 Å². The van der Waals surface area contributed by atoms with Crippen LogP contribution < -0.4 is 10.1 Å². The lowest BCUT2D eigenvalue weighted by Gasteiger charge is -2.29. The molecule has 0 fully saturated rings. The minimum atomic E-state index is -0.788. The van der Waals surface area contributed by atoms with Crippen LogP contribution in [0.15, 0.2) is 66.7 Å². The molecule has 9 heteroatoms. The molecule has 178 valence electrons. The van der Waals surface area contributed by atoms with Crippen LogP contribution in [0.25, 0.3) is 0 Å². The molecule has 34 heavy (non-hydrogen) atoms. The molecular formula is C25H22Cl4N2O3. The van der Waals surface area contributed by atoms with Crippen molar-refractivity contribution in [3.8, 4) is 5.75 Å². The van der Waals surface area contributed by atoms with E-state index in [9.17, 15) is 9.59 Å². The minimum absolute atomic E-state index is 0.193. The molecule has 3 aromatic carbocycles. The van der Waals surface area contributed by atoms with Crippen LogP contribution in [0.5, 0.6) is 5.75 Å². The predicted molar refractivity (Wildman–Crippen MR) is 137 cm³/mol. The fourth-order valence-electron chi connectivity index (χ4n) is 3.15. The summed E-state index contributed by atoms with van der Waals surface area (Å²) < 4.78 is 5.62. The van der Waals surface area contributed by atoms with E-state index in [4.69, 9.17) is 51.1 Å². The van der Waals surface area contributed by atoms with Crippen molar-refractivity contribution < 1.29 is 14.3 Å². The smallest absolute Gasteiger partial charge is 0.261 e. The summed E-state index contributed by atoms with van der Waals surface area (Å²) >= 11 is 24.2. The summed E-state index contributed by atoms with van der Waals surface area (Å²) in [6.07, 6.45) is 0. The van der Waals surface area contributed by atoms with Crippen molar-refractivity contribution in [1.29, 1.82) is 0 Å². The van der Waals surface area contributed by atoms with Crippen LogP contribution in [-0.4, -0.2) is 29.4 Å². The molecule has 0 aromatic heterocycles. The van der Waals surface area contributed by atoms with Gasteiger partial charge in [0.1, 0.15) is 11.8 Å². The molecule has 0 saturated carbocycles. The number of halogens is 4. The number of rotatable bonds is 9. The van der Waals surface area contributed by atoms with Crippen LogP contribution in [-0.2, 0) is 22.7 Å². The maximum absolute atomic E-state index is 13.1. The molecule has 0 aliphatic carbocycles. The van der Waals surface area contributed by atoms with Gasteiger partial charge < -0.3 is 15.0 Å². The summed E-state index contributed by atoms with van der Waals surface area (Å²) in [5.41, 5.74) is 1.53. The van der Waals surface area contributed by atoms with Crippen LogP contribution >= 0.6 is 46.4 Å². The Kier molecular flexibility index (Phi) is 9.48. The molecule has 1 atom stereocenters. The Hall–Kier alpha value is -2.44. The van der Waals surface area contributed by atoms with Gasteiger partial charge in [-0.25, -0.2) is 0 Å². The predicted octanol–water partition coefficient (Wildman–Crippen LogP) is 6.41. The highest BCUT2D eigenvalue weighted by atomic mass is 35.5. The Morgan fingerprint density at radius 2 is 1.59 bits per heavy atom. The van der Waals surface area contributed by atoms with Crippen LogP contribution in [0.4, 0.5) is 0 Å². The molecule has 0 radical (unpaired) electrons. The standard InChI is InChI=1S/C25H22Cl4N2O3/c1-16(25(33)30-13-18-8-11-20(27)12-22(18)29)31(14-17-6-9-19(26)10-7-17)24(32)15-34-23-5-3-2-4-21(23)28/h2-12,16H,13-15H2,1H3,(H,30,33)/t16-/m0/s1. The number of nitrogens with one attached hydrogen (secondary N) is 1. The van der Waals surface area contributed by atoms with Gasteiger partial charge >= 0.3 is 0 Å². The van der Waals surface area contributed by atoms with Gasteiger partial charge in [-0.15, -0.1) is 0 Å². The fraction of sp³-hybridized carbons (Fsp3) is 0.200. The molecule has 0 spiro atoms. The molecule has 3 rings (SSSR count). The summed E-state index contributed by atoms with van der Waals surface area (Å²) in [7, 11) is 0. The van der Waals surface area contributed by atoms with Crippen molar-refractivity contribution in [2.24, 2.45) is 0 Å². The number of carbonyl (C=O) groups excluding carboxylic acids is 2. The molecule has 2 amide bonds. The highest BCUT2D eigenvalue weighted by molar-refractivity contribution is 6.35. The van der Waals surface area contributed by atoms with E-state index >= 15 is 0 Å². The first-order valence-electron chi connectivity index (χ1n) is 10.4. The molecule has 0 saturated heterocycles. The van der Waals surface area contributed by atoms with Gasteiger partial charge in [-0.3, -0.25) is 9.59 Å². The number of amides is 2. The first-order chi connectivity index (χ1) is 16.2. The third kappa shape index (κ3) is 7.28. The maximum Gasteiger partial charge on any atom is 0.261 e. The second kappa shape index (κ2) is 12.3. The van der Waals surface area contributed by atoms with Crippen LogP contribution in [0.2, 0.25) is 20.1 Å². The van der Waals surface area contributed by atoms with E-state index in [1.165, 1.54) is 4.90 Å². The zero-order chi connectivity index (χ0) is 24.7. The number of hydrogen-bond donors (Lipinski definition) is 1. The first-order valence-corrected chi connectivity index (χ1v) is 11.9. The molecule has 0 unspecified atom stereocenters. The lowest BCUT2D eigenvalue weighted by molar-refractivity contribution is -0.142. The summed E-state index contributed by atoms with van der Waals surface area (Å²) in [6, 6.07) is 18.2. The van der Waals surface area contributed by atoms with E-state index in [1.807, 2.05) is 0 Å². The number of ether oxygens (including phenoxy) is 1. The van der Waals surface area contributed by atoms with Crippen LogP contribution in [0.1, 0.15) is 18.1 Å². The zero-order valence-electron chi connectivity index (χ0n) is 18.2. The van der Waals surface area contributed by atoms with E-state index in [0.29, 0.717) is 31.4 Å². The van der Waals surface area contributed by atoms with Crippen molar-refractivity contribution >= 4 is 58.2 Å². The molecule has 5 nitrogen and oxygen atoms in total. The van der Waals surface area contributed by atoms with Crippen molar-refractivity contribution in [3.05, 3.63) is 97.9 Å². The fourth-order valence-corrected chi connectivity index (χ4v) is 3.94. The number of benzene rings is 3. The van der Waals surface area contributed by atoms with E-state index in [0.717, 1.165) is 5.56 Å². The molecule has 0 aliphatic rings. The van der Waals surface area contributed by atoms with Crippen molar-refractivity contribution in [2.75, 3.05) is 6.61 Å². The lowest BCUT2D eigenvalue weighted by Crippen LogP contribution is -2.48. The van der Waals surface area contributed by atoms with Crippen LogP contribution in [0.3, 0.4) is 0 Å².